The van der Waals surface area contributed by atoms with Gasteiger partial charge in [0, 0.05) is 17.8 Å². The fourth-order valence-corrected chi connectivity index (χ4v) is 3.46. The van der Waals surface area contributed by atoms with E-state index < -0.39 is 52.7 Å². The van der Waals surface area contributed by atoms with Gasteiger partial charge in [-0.3, -0.25) is 25.0 Å². The molecule has 5 N–H and O–H groups in total. The lowest BCUT2D eigenvalue weighted by Crippen LogP contribution is -2.56. The van der Waals surface area contributed by atoms with Gasteiger partial charge in [-0.15, -0.1) is 0 Å². The number of nitro benzene ring substituents is 2. The Morgan fingerprint density at radius 3 is 1.91 bits per heavy atom. The molecule has 0 saturated heterocycles. The van der Waals surface area contributed by atoms with E-state index in [2.05, 4.69) is 16.0 Å². The van der Waals surface area contributed by atoms with Gasteiger partial charge in [0.2, 0.25) is 13.8 Å². The number of carbonyl (C=O) groups is 1. The summed E-state index contributed by atoms with van der Waals surface area (Å²) >= 11 is 22.7. The fourth-order valence-electron chi connectivity index (χ4n) is 2.38. The molecule has 1 atom stereocenters. The molecule has 18 heteroatoms. The number of anilines is 1. The number of benzene rings is 2. The molecule has 0 aliphatic heterocycles. The average molecular weight is 572 g/mol. The molecule has 0 heterocycles. The Labute approximate surface area is 211 Å². The third-order valence-electron chi connectivity index (χ3n) is 3.91. The van der Waals surface area contributed by atoms with E-state index in [1.807, 2.05) is 0 Å². The molecular formula is C16H13Cl3N6O7S2. The van der Waals surface area contributed by atoms with Crippen LogP contribution in [-0.4, -0.2) is 39.2 Å². The number of hydrogen-bond donors (Lipinski definition) is 4. The molecule has 1 unspecified atom stereocenters. The number of carbonyl (C=O) groups excluding carboxylic acids is 1. The van der Waals surface area contributed by atoms with E-state index in [0.29, 0.717) is 11.8 Å². The Bertz CT molecular complexity index is 1220. The molecule has 0 radical (unpaired) electrons. The summed E-state index contributed by atoms with van der Waals surface area (Å²) in [7, 11) is -3.90. The minimum absolute atomic E-state index is 0.144. The predicted octanol–water partition coefficient (Wildman–Crippen LogP) is 2.56. The summed E-state index contributed by atoms with van der Waals surface area (Å²) in [6.07, 6.45) is -1.51. The zero-order valence-corrected chi connectivity index (χ0v) is 20.3. The van der Waals surface area contributed by atoms with Crippen LogP contribution < -0.4 is 21.1 Å². The van der Waals surface area contributed by atoms with Crippen LogP contribution in [0, 0.1) is 20.2 Å². The minimum Gasteiger partial charge on any atom is -0.339 e. The molecule has 2 aromatic rings. The Balaban J connectivity index is 2.21. The zero-order valence-electron chi connectivity index (χ0n) is 16.4. The first-order chi connectivity index (χ1) is 15.6. The van der Waals surface area contributed by atoms with Crippen LogP contribution in [0.5, 0.6) is 0 Å². The van der Waals surface area contributed by atoms with Gasteiger partial charge >= 0.3 is 0 Å². The lowest BCUT2D eigenvalue weighted by Gasteiger charge is -2.27. The molecule has 0 fully saturated rings. The molecule has 182 valence electrons. The molecule has 2 aromatic carbocycles. The van der Waals surface area contributed by atoms with Crippen molar-refractivity contribution in [1.29, 1.82) is 0 Å². The minimum atomic E-state index is -3.90. The SMILES string of the molecule is NS(=O)(=O)c1ccc(NC(=S)NC(NC(=O)c2cc([N+](=O)[O-])cc([N+](=O)[O-])c2)C(Cl)(Cl)Cl)cc1. The lowest BCUT2D eigenvalue weighted by atomic mass is 10.1. The van der Waals surface area contributed by atoms with Crippen LogP contribution in [0.25, 0.3) is 0 Å². The van der Waals surface area contributed by atoms with E-state index >= 15 is 0 Å². The quantitative estimate of drug-likeness (QED) is 0.126. The zero-order chi connectivity index (χ0) is 25.8. The van der Waals surface area contributed by atoms with Crippen LogP contribution in [-0.2, 0) is 10.0 Å². The smallest absolute Gasteiger partial charge is 0.277 e. The molecule has 0 bridgehead atoms. The summed E-state index contributed by atoms with van der Waals surface area (Å²) < 4.78 is 20.4. The summed E-state index contributed by atoms with van der Waals surface area (Å²) in [5.41, 5.74) is -1.52. The number of alkyl halides is 3. The van der Waals surface area contributed by atoms with Gasteiger partial charge in [-0.05, 0) is 36.5 Å². The highest BCUT2D eigenvalue weighted by Crippen LogP contribution is 2.30. The lowest BCUT2D eigenvalue weighted by molar-refractivity contribution is -0.394. The standard InChI is InChI=1S/C16H13Cl3N6O7S2/c17-16(18,19)14(23-15(33)21-9-1-3-12(4-2-9)34(20,31)32)22-13(26)8-5-10(24(27)28)7-11(6-8)25(29)30/h1-7,14H,(H,22,26)(H2,20,31,32)(H2,21,23,33). The van der Waals surface area contributed by atoms with E-state index in [1.54, 1.807) is 0 Å². The Morgan fingerprint density at radius 2 is 1.50 bits per heavy atom. The van der Waals surface area contributed by atoms with Crippen molar-refractivity contribution in [2.24, 2.45) is 5.14 Å². The van der Waals surface area contributed by atoms with Crippen LogP contribution in [0.4, 0.5) is 17.1 Å². The van der Waals surface area contributed by atoms with Crippen LogP contribution in [0.2, 0.25) is 0 Å². The van der Waals surface area contributed by atoms with E-state index in [9.17, 15) is 33.4 Å². The van der Waals surface area contributed by atoms with Crippen LogP contribution in [0.1, 0.15) is 10.4 Å². The van der Waals surface area contributed by atoms with Crippen molar-refractivity contribution in [3.8, 4) is 0 Å². The summed E-state index contributed by atoms with van der Waals surface area (Å²) in [5, 5.41) is 34.3. The monoisotopic (exact) mass is 570 g/mol. The van der Waals surface area contributed by atoms with Gasteiger partial charge in [0.25, 0.3) is 17.3 Å². The maximum absolute atomic E-state index is 12.6. The van der Waals surface area contributed by atoms with Crippen molar-refractivity contribution in [1.82, 2.24) is 10.6 Å². The molecule has 13 nitrogen and oxygen atoms in total. The van der Waals surface area contributed by atoms with Gasteiger partial charge < -0.3 is 16.0 Å². The Morgan fingerprint density at radius 1 is 1.00 bits per heavy atom. The second kappa shape index (κ2) is 10.6. The maximum Gasteiger partial charge on any atom is 0.277 e. The Kier molecular flexibility index (Phi) is 8.57. The van der Waals surface area contributed by atoms with Crippen molar-refractivity contribution >= 4 is 85.1 Å². The number of rotatable bonds is 7. The number of amides is 1. The van der Waals surface area contributed by atoms with E-state index in [0.717, 1.165) is 12.1 Å². The number of halogens is 3. The average Bonchev–Trinajstić information content (AvgIpc) is 2.71. The molecule has 0 spiro atoms. The number of sulfonamides is 1. The van der Waals surface area contributed by atoms with E-state index in [1.165, 1.54) is 24.3 Å². The molecule has 2 rings (SSSR count). The maximum atomic E-state index is 12.6. The summed E-state index contributed by atoms with van der Waals surface area (Å²) in [6, 6.07) is 7.41. The Hall–Kier alpha value is -2.82. The number of primary sulfonamides is 1. The second-order valence-electron chi connectivity index (χ2n) is 6.37. The molecule has 1 amide bonds. The van der Waals surface area contributed by atoms with E-state index in [-0.39, 0.29) is 10.0 Å². The third-order valence-corrected chi connectivity index (χ3v) is 5.71. The van der Waals surface area contributed by atoms with Crippen molar-refractivity contribution in [3.05, 3.63) is 68.3 Å². The van der Waals surface area contributed by atoms with Crippen LogP contribution in [0.15, 0.2) is 47.4 Å². The molecule has 0 saturated carbocycles. The first-order valence-electron chi connectivity index (χ1n) is 8.60. The summed E-state index contributed by atoms with van der Waals surface area (Å²) in [5.74, 6) is -1.05. The van der Waals surface area contributed by atoms with Crippen molar-refractivity contribution in [3.63, 3.8) is 0 Å². The van der Waals surface area contributed by atoms with Gasteiger partial charge in [0.15, 0.2) is 5.11 Å². The normalized spacial score (nSPS) is 12.4. The van der Waals surface area contributed by atoms with Gasteiger partial charge in [-0.1, -0.05) is 34.8 Å². The van der Waals surface area contributed by atoms with Gasteiger partial charge in [0.1, 0.15) is 6.17 Å². The highest BCUT2D eigenvalue weighted by atomic mass is 35.6. The highest BCUT2D eigenvalue weighted by Gasteiger charge is 2.35. The molecule has 34 heavy (non-hydrogen) atoms. The molecule has 0 aromatic heterocycles. The van der Waals surface area contributed by atoms with Gasteiger partial charge in [-0.2, -0.15) is 0 Å². The number of hydrogen-bond acceptors (Lipinski definition) is 8. The van der Waals surface area contributed by atoms with Crippen LogP contribution in [0.3, 0.4) is 0 Å². The molecular weight excluding hydrogens is 559 g/mol. The molecule has 0 aliphatic carbocycles. The predicted molar refractivity (Wildman–Crippen MR) is 128 cm³/mol. The number of nitrogens with two attached hydrogens (primary N) is 1. The number of thiocarbonyl (C=S) groups is 1. The van der Waals surface area contributed by atoms with Gasteiger partial charge in [-0.25, -0.2) is 13.6 Å². The van der Waals surface area contributed by atoms with Crippen LogP contribution >= 0.6 is 47.0 Å². The largest absolute Gasteiger partial charge is 0.339 e. The van der Waals surface area contributed by atoms with Gasteiger partial charge in [0.05, 0.1) is 26.4 Å². The second-order valence-corrected chi connectivity index (χ2v) is 10.7. The number of non-ortho nitro benzene ring substituents is 2. The van der Waals surface area contributed by atoms with Crippen molar-refractivity contribution in [2.75, 3.05) is 5.32 Å². The summed E-state index contributed by atoms with van der Waals surface area (Å²) in [4.78, 5) is 32.7. The summed E-state index contributed by atoms with van der Waals surface area (Å²) in [6.45, 7) is 0. The van der Waals surface area contributed by atoms with Crippen molar-refractivity contribution in [2.45, 2.75) is 14.9 Å². The topological polar surface area (TPSA) is 200 Å². The van der Waals surface area contributed by atoms with E-state index in [4.69, 9.17) is 52.2 Å². The fraction of sp³-hybridized carbons (Fsp3) is 0.125. The number of nitro groups is 2. The number of nitrogens with zero attached hydrogens (tertiary/aromatic N) is 2. The number of nitrogens with one attached hydrogen (secondary N) is 3. The first kappa shape index (κ1) is 27.4. The highest BCUT2D eigenvalue weighted by molar-refractivity contribution is 7.89. The molecule has 0 aliphatic rings. The third kappa shape index (κ3) is 7.61. The first-order valence-corrected chi connectivity index (χ1v) is 11.7. The van der Waals surface area contributed by atoms with Crippen molar-refractivity contribution < 1.29 is 23.1 Å².